The van der Waals surface area contributed by atoms with Crippen LogP contribution in [0.1, 0.15) is 61.3 Å². The Morgan fingerprint density at radius 1 is 0.833 bits per heavy atom. The van der Waals surface area contributed by atoms with E-state index in [4.69, 9.17) is 0 Å². The summed E-state index contributed by atoms with van der Waals surface area (Å²) in [5, 5.41) is 10.4. The average Bonchev–Trinajstić information content (AvgIpc) is 3.74. The van der Waals surface area contributed by atoms with Crippen LogP contribution in [0.3, 0.4) is 0 Å². The lowest BCUT2D eigenvalue weighted by atomic mass is 9.72. The highest BCUT2D eigenvalue weighted by Crippen LogP contribution is 2.50. The van der Waals surface area contributed by atoms with Gasteiger partial charge in [-0.05, 0) is 66.8 Å². The fraction of sp³-hybridized carbons (Fsp3) is 0.387. The molecule has 0 aliphatic heterocycles. The summed E-state index contributed by atoms with van der Waals surface area (Å²) >= 11 is 0. The van der Waals surface area contributed by atoms with Crippen LogP contribution in [-0.2, 0) is 24.7 Å². The van der Waals surface area contributed by atoms with Gasteiger partial charge in [-0.1, -0.05) is 79.7 Å². The normalized spacial score (nSPS) is 16.3. The van der Waals surface area contributed by atoms with Gasteiger partial charge in [-0.2, -0.15) is 18.4 Å². The van der Waals surface area contributed by atoms with E-state index in [9.17, 15) is 18.4 Å². The topological polar surface area (TPSA) is 27.0 Å². The van der Waals surface area contributed by atoms with Gasteiger partial charge in [0.1, 0.15) is 0 Å². The highest BCUT2D eigenvalue weighted by molar-refractivity contribution is 5.38. The summed E-state index contributed by atoms with van der Waals surface area (Å²) in [5.41, 5.74) is 1.78. The lowest BCUT2D eigenvalue weighted by Gasteiger charge is -2.35. The molecule has 36 heavy (non-hydrogen) atoms. The molecule has 2 atom stereocenters. The van der Waals surface area contributed by atoms with Gasteiger partial charge in [0, 0.05) is 19.1 Å². The average molecular weight is 491 g/mol. The van der Waals surface area contributed by atoms with Gasteiger partial charge in [0.2, 0.25) is 0 Å². The van der Waals surface area contributed by atoms with Gasteiger partial charge in [-0.3, -0.25) is 4.90 Å². The quantitative estimate of drug-likeness (QED) is 0.271. The summed E-state index contributed by atoms with van der Waals surface area (Å²) in [6.45, 7) is 3.78. The van der Waals surface area contributed by atoms with Crippen molar-refractivity contribution in [2.75, 3.05) is 0 Å². The van der Waals surface area contributed by atoms with Crippen LogP contribution in [0, 0.1) is 17.2 Å². The van der Waals surface area contributed by atoms with Gasteiger partial charge < -0.3 is 0 Å². The molecular formula is C31H33F3N2. The number of rotatable bonds is 11. The predicted molar refractivity (Wildman–Crippen MR) is 137 cm³/mol. The van der Waals surface area contributed by atoms with Gasteiger partial charge in [0.25, 0.3) is 0 Å². The first-order valence-corrected chi connectivity index (χ1v) is 12.8. The number of halogens is 3. The Bertz CT molecular complexity index is 1090. The molecule has 1 aliphatic rings. The van der Waals surface area contributed by atoms with Gasteiger partial charge in [-0.25, -0.2) is 0 Å². The van der Waals surface area contributed by atoms with E-state index >= 15 is 0 Å². The Morgan fingerprint density at radius 2 is 1.33 bits per heavy atom. The maximum absolute atomic E-state index is 13.1. The number of hydrogen-bond donors (Lipinski definition) is 0. The minimum atomic E-state index is -4.38. The summed E-state index contributed by atoms with van der Waals surface area (Å²) in [7, 11) is 0. The zero-order valence-electron chi connectivity index (χ0n) is 20.7. The van der Waals surface area contributed by atoms with Crippen molar-refractivity contribution in [2.24, 2.45) is 5.92 Å². The van der Waals surface area contributed by atoms with Crippen LogP contribution in [0.15, 0.2) is 84.9 Å². The Labute approximate surface area is 212 Å². The van der Waals surface area contributed by atoms with Crippen LogP contribution < -0.4 is 0 Å². The number of nitriles is 1. The number of hydrogen-bond acceptors (Lipinski definition) is 2. The lowest BCUT2D eigenvalue weighted by molar-refractivity contribution is -0.137. The third-order valence-corrected chi connectivity index (χ3v) is 7.52. The summed E-state index contributed by atoms with van der Waals surface area (Å²) in [6, 6.07) is 28.9. The van der Waals surface area contributed by atoms with E-state index in [1.165, 1.54) is 23.3 Å². The summed E-state index contributed by atoms with van der Waals surface area (Å²) in [4.78, 5) is 2.48. The number of nitrogens with zero attached hydrogens (tertiary/aromatic N) is 2. The summed E-state index contributed by atoms with van der Waals surface area (Å²) in [6.07, 6.45) is -0.111. The maximum atomic E-state index is 13.1. The molecule has 0 bridgehead atoms. The highest BCUT2D eigenvalue weighted by atomic mass is 19.4. The molecular weight excluding hydrogens is 457 g/mol. The SMILES string of the molecule is CCC(CCC(C#N)(c1ccc(C(F)(F)F)cc1)C1CC1)N(Cc1ccccc1)Cc1ccccc1. The summed E-state index contributed by atoms with van der Waals surface area (Å²) in [5.74, 6) is 0.202. The number of benzene rings is 3. The van der Waals surface area contributed by atoms with Gasteiger partial charge in [-0.15, -0.1) is 0 Å². The third kappa shape index (κ3) is 6.17. The van der Waals surface area contributed by atoms with E-state index < -0.39 is 17.2 Å². The first kappa shape index (κ1) is 26.0. The molecule has 4 rings (SSSR count). The van der Waals surface area contributed by atoms with E-state index in [-0.39, 0.29) is 12.0 Å². The second-order valence-electron chi connectivity index (χ2n) is 9.91. The van der Waals surface area contributed by atoms with Crippen molar-refractivity contribution in [1.82, 2.24) is 4.90 Å². The van der Waals surface area contributed by atoms with Crippen LogP contribution >= 0.6 is 0 Å². The molecule has 1 saturated carbocycles. The van der Waals surface area contributed by atoms with Crippen molar-refractivity contribution in [1.29, 1.82) is 5.26 Å². The second-order valence-corrected chi connectivity index (χ2v) is 9.91. The van der Waals surface area contributed by atoms with Crippen molar-refractivity contribution in [3.05, 3.63) is 107 Å². The summed E-state index contributed by atoms with van der Waals surface area (Å²) < 4.78 is 39.4. The maximum Gasteiger partial charge on any atom is 0.416 e. The molecule has 0 radical (unpaired) electrons. The van der Waals surface area contributed by atoms with Gasteiger partial charge in [0.05, 0.1) is 17.0 Å². The van der Waals surface area contributed by atoms with E-state index in [0.717, 1.165) is 50.9 Å². The standard InChI is InChI=1S/C31H33F3N2/c1-2-29(36(21-24-9-5-3-6-10-24)22-25-11-7-4-8-12-25)19-20-30(23-35,26-13-14-26)27-15-17-28(18-16-27)31(32,33)34/h3-12,15-18,26,29H,2,13-14,19-22H2,1H3. The molecule has 0 spiro atoms. The van der Waals surface area contributed by atoms with Crippen molar-refractivity contribution >= 4 is 0 Å². The van der Waals surface area contributed by atoms with E-state index in [1.54, 1.807) is 0 Å². The van der Waals surface area contributed by atoms with Crippen LogP contribution in [0.25, 0.3) is 0 Å². The third-order valence-electron chi connectivity index (χ3n) is 7.52. The van der Waals surface area contributed by atoms with E-state index in [2.05, 4.69) is 66.4 Å². The minimum Gasteiger partial charge on any atom is -0.292 e. The first-order chi connectivity index (χ1) is 17.4. The van der Waals surface area contributed by atoms with Crippen LogP contribution in [0.5, 0.6) is 0 Å². The molecule has 188 valence electrons. The van der Waals surface area contributed by atoms with Crippen molar-refractivity contribution < 1.29 is 13.2 Å². The Morgan fingerprint density at radius 3 is 1.75 bits per heavy atom. The molecule has 3 aromatic rings. The zero-order chi connectivity index (χ0) is 25.6. The Hall–Kier alpha value is -3.10. The molecule has 5 heteroatoms. The molecule has 1 fully saturated rings. The molecule has 0 aromatic heterocycles. The fourth-order valence-corrected chi connectivity index (χ4v) is 5.32. The Balaban J connectivity index is 1.57. The largest absolute Gasteiger partial charge is 0.416 e. The minimum absolute atomic E-state index is 0.202. The van der Waals surface area contributed by atoms with E-state index in [1.807, 2.05) is 12.1 Å². The molecule has 2 unspecified atom stereocenters. The second kappa shape index (κ2) is 11.3. The molecule has 0 amide bonds. The van der Waals surface area contributed by atoms with Crippen molar-refractivity contribution in [2.45, 2.75) is 69.8 Å². The fourth-order valence-electron chi connectivity index (χ4n) is 5.32. The van der Waals surface area contributed by atoms with E-state index in [0.29, 0.717) is 12.0 Å². The molecule has 1 aliphatic carbocycles. The van der Waals surface area contributed by atoms with Crippen molar-refractivity contribution in [3.8, 4) is 6.07 Å². The lowest BCUT2D eigenvalue weighted by Crippen LogP contribution is -2.37. The van der Waals surface area contributed by atoms with Crippen LogP contribution in [-0.4, -0.2) is 10.9 Å². The molecule has 0 N–H and O–H groups in total. The van der Waals surface area contributed by atoms with Crippen LogP contribution in [0.4, 0.5) is 13.2 Å². The molecule has 0 saturated heterocycles. The smallest absolute Gasteiger partial charge is 0.292 e. The van der Waals surface area contributed by atoms with Crippen LogP contribution in [0.2, 0.25) is 0 Å². The van der Waals surface area contributed by atoms with Gasteiger partial charge >= 0.3 is 6.18 Å². The molecule has 2 nitrogen and oxygen atoms in total. The number of alkyl halides is 3. The predicted octanol–water partition coefficient (Wildman–Crippen LogP) is 8.14. The molecule has 3 aromatic carbocycles. The monoisotopic (exact) mass is 490 g/mol. The zero-order valence-corrected chi connectivity index (χ0v) is 20.7. The van der Waals surface area contributed by atoms with Gasteiger partial charge in [0.15, 0.2) is 0 Å². The Kier molecular flexibility index (Phi) is 8.16. The molecule has 0 heterocycles. The van der Waals surface area contributed by atoms with Crippen molar-refractivity contribution in [3.63, 3.8) is 0 Å². The first-order valence-electron chi connectivity index (χ1n) is 12.8. The highest BCUT2D eigenvalue weighted by Gasteiger charge is 2.47.